The summed E-state index contributed by atoms with van der Waals surface area (Å²) in [6.07, 6.45) is 1.03. The Labute approximate surface area is 110 Å². The van der Waals surface area contributed by atoms with Crippen molar-refractivity contribution in [3.8, 4) is 5.75 Å². The lowest BCUT2D eigenvalue weighted by Gasteiger charge is -2.13. The van der Waals surface area contributed by atoms with Crippen molar-refractivity contribution in [1.29, 1.82) is 0 Å². The highest BCUT2D eigenvalue weighted by molar-refractivity contribution is 9.38. The van der Waals surface area contributed by atoms with Crippen LogP contribution in [0.25, 0.3) is 0 Å². The Morgan fingerprint density at radius 3 is 2.14 bits per heavy atom. The van der Waals surface area contributed by atoms with Crippen molar-refractivity contribution in [2.45, 2.75) is 15.5 Å². The molecule has 78 valence electrons. The molecule has 14 heavy (non-hydrogen) atoms. The van der Waals surface area contributed by atoms with Crippen molar-refractivity contribution >= 4 is 47.8 Å². The van der Waals surface area contributed by atoms with E-state index in [1.807, 2.05) is 24.3 Å². The van der Waals surface area contributed by atoms with E-state index in [4.69, 9.17) is 4.74 Å². The lowest BCUT2D eigenvalue weighted by molar-refractivity contribution is 0.317. The fraction of sp³-hybridized carbons (Fsp3) is 0.400. The van der Waals surface area contributed by atoms with Crippen LogP contribution in [0.1, 0.15) is 18.9 Å². The van der Waals surface area contributed by atoms with E-state index in [9.17, 15) is 0 Å². The Bertz CT molecular complexity index is 276. The molecule has 0 radical (unpaired) electrons. The van der Waals surface area contributed by atoms with Crippen LogP contribution in [0.4, 0.5) is 0 Å². The third kappa shape index (κ3) is 3.91. The highest BCUT2D eigenvalue weighted by atomic mass is 80.0. The van der Waals surface area contributed by atoms with Gasteiger partial charge in [0.15, 0.2) is 2.14 Å². The van der Waals surface area contributed by atoms with E-state index < -0.39 is 0 Å². The maximum atomic E-state index is 5.48. The molecular weight excluding hydrogens is 376 g/mol. The van der Waals surface area contributed by atoms with Crippen LogP contribution in [-0.4, -0.2) is 6.61 Å². The fourth-order valence-electron chi connectivity index (χ4n) is 0.960. The van der Waals surface area contributed by atoms with Crippen molar-refractivity contribution in [3.63, 3.8) is 0 Å². The summed E-state index contributed by atoms with van der Waals surface area (Å²) in [6, 6.07) is 7.93. The van der Waals surface area contributed by atoms with Crippen LogP contribution in [0.5, 0.6) is 5.75 Å². The number of alkyl halides is 3. The summed E-state index contributed by atoms with van der Waals surface area (Å²) in [5, 5.41) is 0. The minimum absolute atomic E-state index is 0.337. The highest BCUT2D eigenvalue weighted by Gasteiger charge is 2.20. The molecule has 0 bridgehead atoms. The van der Waals surface area contributed by atoms with E-state index in [0.29, 0.717) is 0 Å². The maximum Gasteiger partial charge on any atom is 0.159 e. The average molecular weight is 387 g/mol. The third-order valence-electron chi connectivity index (χ3n) is 1.65. The molecule has 1 rings (SSSR count). The molecule has 4 heteroatoms. The van der Waals surface area contributed by atoms with Gasteiger partial charge in [-0.2, -0.15) is 0 Å². The Balaban J connectivity index is 2.69. The number of hydrogen-bond acceptors (Lipinski definition) is 1. The normalized spacial score (nSPS) is 11.4. The second-order valence-electron chi connectivity index (χ2n) is 2.87. The first-order valence-electron chi connectivity index (χ1n) is 4.34. The average Bonchev–Trinajstić information content (AvgIpc) is 2.14. The Morgan fingerprint density at radius 1 is 1.14 bits per heavy atom. The summed E-state index contributed by atoms with van der Waals surface area (Å²) in [4.78, 5) is 0. The molecule has 0 fully saturated rings. The molecule has 0 spiro atoms. The Hall–Kier alpha value is 0.460. The first kappa shape index (κ1) is 12.5. The van der Waals surface area contributed by atoms with Gasteiger partial charge in [-0.05, 0) is 24.1 Å². The molecule has 0 atom stereocenters. The van der Waals surface area contributed by atoms with Gasteiger partial charge in [0, 0.05) is 0 Å². The molecule has 0 aromatic heterocycles. The quantitative estimate of drug-likeness (QED) is 0.680. The van der Waals surface area contributed by atoms with Gasteiger partial charge in [-0.3, -0.25) is 0 Å². The van der Waals surface area contributed by atoms with Crippen LogP contribution in [0.3, 0.4) is 0 Å². The van der Waals surface area contributed by atoms with Crippen LogP contribution in [0.2, 0.25) is 0 Å². The molecule has 0 aliphatic rings. The summed E-state index contributed by atoms with van der Waals surface area (Å²) in [5.74, 6) is 0.910. The first-order valence-corrected chi connectivity index (χ1v) is 6.72. The molecule has 0 aliphatic heterocycles. The number of halogens is 3. The van der Waals surface area contributed by atoms with Gasteiger partial charge >= 0.3 is 0 Å². The predicted octanol–water partition coefficient (Wildman–Crippen LogP) is 4.77. The SMILES string of the molecule is CCCOc1ccc(C(Br)(Br)Br)cc1. The first-order chi connectivity index (χ1) is 6.54. The molecule has 0 unspecified atom stereocenters. The molecule has 0 amide bonds. The van der Waals surface area contributed by atoms with Gasteiger partial charge in [-0.25, -0.2) is 0 Å². The van der Waals surface area contributed by atoms with Gasteiger partial charge in [0.05, 0.1) is 6.61 Å². The largest absolute Gasteiger partial charge is 0.494 e. The van der Waals surface area contributed by atoms with Crippen molar-refractivity contribution in [1.82, 2.24) is 0 Å². The number of ether oxygens (including phenoxy) is 1. The lowest BCUT2D eigenvalue weighted by atomic mass is 10.2. The maximum absolute atomic E-state index is 5.48. The molecule has 1 aromatic carbocycles. The predicted molar refractivity (Wildman–Crippen MR) is 70.7 cm³/mol. The molecule has 0 saturated heterocycles. The monoisotopic (exact) mass is 384 g/mol. The van der Waals surface area contributed by atoms with Crippen molar-refractivity contribution in [2.75, 3.05) is 6.61 Å². The Morgan fingerprint density at radius 2 is 1.71 bits per heavy atom. The van der Waals surface area contributed by atoms with Crippen LogP contribution >= 0.6 is 47.8 Å². The van der Waals surface area contributed by atoms with Crippen molar-refractivity contribution < 1.29 is 4.74 Å². The van der Waals surface area contributed by atoms with Crippen LogP contribution in [-0.2, 0) is 2.14 Å². The van der Waals surface area contributed by atoms with Gasteiger partial charge in [-0.15, -0.1) is 0 Å². The van der Waals surface area contributed by atoms with E-state index in [2.05, 4.69) is 54.7 Å². The van der Waals surface area contributed by atoms with E-state index in [-0.39, 0.29) is 2.14 Å². The highest BCUT2D eigenvalue weighted by Crippen LogP contribution is 2.44. The minimum atomic E-state index is -0.337. The van der Waals surface area contributed by atoms with E-state index >= 15 is 0 Å². The standard InChI is InChI=1S/C10H11Br3O/c1-2-7-14-9-5-3-8(4-6-9)10(11,12)13/h3-6H,2,7H2,1H3. The molecule has 0 heterocycles. The zero-order valence-electron chi connectivity index (χ0n) is 7.77. The molecule has 0 aliphatic carbocycles. The lowest BCUT2D eigenvalue weighted by Crippen LogP contribution is -1.98. The second kappa shape index (κ2) is 5.52. The summed E-state index contributed by atoms with van der Waals surface area (Å²) in [5.41, 5.74) is 1.10. The summed E-state index contributed by atoms with van der Waals surface area (Å²) >= 11 is 10.4. The van der Waals surface area contributed by atoms with Crippen LogP contribution in [0.15, 0.2) is 24.3 Å². The second-order valence-corrected chi connectivity index (χ2v) is 9.63. The van der Waals surface area contributed by atoms with Gasteiger partial charge in [0.25, 0.3) is 0 Å². The summed E-state index contributed by atoms with van der Waals surface area (Å²) < 4.78 is 5.14. The Kier molecular flexibility index (Phi) is 4.94. The van der Waals surface area contributed by atoms with Crippen molar-refractivity contribution in [3.05, 3.63) is 29.8 Å². The van der Waals surface area contributed by atoms with Gasteiger partial charge in [-0.1, -0.05) is 66.8 Å². The fourth-order valence-corrected chi connectivity index (χ4v) is 1.75. The zero-order valence-corrected chi connectivity index (χ0v) is 12.5. The topological polar surface area (TPSA) is 9.23 Å². The smallest absolute Gasteiger partial charge is 0.159 e. The number of rotatable bonds is 3. The molecule has 0 N–H and O–H groups in total. The summed E-state index contributed by atoms with van der Waals surface area (Å²) in [7, 11) is 0. The third-order valence-corrected chi connectivity index (χ3v) is 3.03. The van der Waals surface area contributed by atoms with Crippen LogP contribution in [0, 0.1) is 0 Å². The molecular formula is C10H11Br3O. The number of benzene rings is 1. The minimum Gasteiger partial charge on any atom is -0.494 e. The zero-order chi connectivity index (χ0) is 10.6. The van der Waals surface area contributed by atoms with Gasteiger partial charge < -0.3 is 4.74 Å². The van der Waals surface area contributed by atoms with Gasteiger partial charge in [0.2, 0.25) is 0 Å². The van der Waals surface area contributed by atoms with Crippen molar-refractivity contribution in [2.24, 2.45) is 0 Å². The van der Waals surface area contributed by atoms with E-state index in [1.54, 1.807) is 0 Å². The van der Waals surface area contributed by atoms with Gasteiger partial charge in [0.1, 0.15) is 5.75 Å². The number of hydrogen-bond donors (Lipinski definition) is 0. The van der Waals surface area contributed by atoms with E-state index in [1.165, 1.54) is 0 Å². The van der Waals surface area contributed by atoms with Crippen LogP contribution < -0.4 is 4.74 Å². The molecule has 1 aromatic rings. The summed E-state index contributed by atoms with van der Waals surface area (Å²) in [6.45, 7) is 2.86. The molecule has 0 saturated carbocycles. The molecule has 1 nitrogen and oxygen atoms in total. The van der Waals surface area contributed by atoms with E-state index in [0.717, 1.165) is 24.3 Å².